The number of hydrogen-bond donors (Lipinski definition) is 1. The minimum absolute atomic E-state index is 0.372. The Morgan fingerprint density at radius 3 is 2.52 bits per heavy atom. The summed E-state index contributed by atoms with van der Waals surface area (Å²) >= 11 is 0. The van der Waals surface area contributed by atoms with Gasteiger partial charge in [0.05, 0.1) is 6.26 Å². The van der Waals surface area contributed by atoms with Crippen LogP contribution in [-0.4, -0.2) is 45.5 Å². The molecule has 1 aliphatic heterocycles. The first kappa shape index (κ1) is 20.1. The van der Waals surface area contributed by atoms with Gasteiger partial charge in [0.25, 0.3) is 0 Å². The second-order valence-corrected chi connectivity index (χ2v) is 8.79. The van der Waals surface area contributed by atoms with Crippen molar-refractivity contribution in [3.8, 4) is 0 Å². The van der Waals surface area contributed by atoms with E-state index in [0.29, 0.717) is 24.9 Å². The third-order valence-corrected chi connectivity index (χ3v) is 5.72. The third kappa shape index (κ3) is 7.26. The van der Waals surface area contributed by atoms with Gasteiger partial charge in [0.2, 0.25) is 10.0 Å². The molecule has 1 unspecified atom stereocenters. The molecule has 1 fully saturated rings. The van der Waals surface area contributed by atoms with Crippen LogP contribution in [0.1, 0.15) is 50.1 Å². The van der Waals surface area contributed by atoms with E-state index >= 15 is 0 Å². The Kier molecular flexibility index (Phi) is 8.06. The van der Waals surface area contributed by atoms with E-state index in [1.54, 1.807) is 0 Å². The molecule has 1 heterocycles. The molecule has 5 nitrogen and oxygen atoms in total. The van der Waals surface area contributed by atoms with Crippen LogP contribution in [0.2, 0.25) is 0 Å². The number of nitrogens with zero attached hydrogens (tertiary/aromatic N) is 1. The van der Waals surface area contributed by atoms with E-state index in [4.69, 9.17) is 0 Å². The van der Waals surface area contributed by atoms with Gasteiger partial charge in [-0.25, -0.2) is 13.1 Å². The second kappa shape index (κ2) is 10.0. The molecule has 6 heteroatoms. The van der Waals surface area contributed by atoms with Gasteiger partial charge in [0, 0.05) is 19.0 Å². The fourth-order valence-electron chi connectivity index (χ4n) is 3.63. The normalized spacial score (nSPS) is 18.1. The van der Waals surface area contributed by atoms with Gasteiger partial charge in [-0.05, 0) is 56.7 Å². The molecule has 1 aromatic carbocycles. The minimum Gasteiger partial charge on any atom is -0.303 e. The van der Waals surface area contributed by atoms with E-state index in [1.165, 1.54) is 11.8 Å². The molecule has 0 amide bonds. The zero-order chi connectivity index (χ0) is 18.1. The van der Waals surface area contributed by atoms with Crippen molar-refractivity contribution in [1.29, 1.82) is 0 Å². The highest BCUT2D eigenvalue weighted by molar-refractivity contribution is 7.88. The average molecular weight is 367 g/mol. The van der Waals surface area contributed by atoms with Crippen molar-refractivity contribution in [2.75, 3.05) is 25.9 Å². The lowest BCUT2D eigenvalue weighted by Crippen LogP contribution is -2.37. The molecule has 0 aliphatic carbocycles. The van der Waals surface area contributed by atoms with Crippen molar-refractivity contribution in [2.24, 2.45) is 5.92 Å². The lowest BCUT2D eigenvalue weighted by atomic mass is 9.90. The number of benzene rings is 1. The summed E-state index contributed by atoms with van der Waals surface area (Å²) in [5.41, 5.74) is 1.32. The number of aldehydes is 1. The molecule has 0 aromatic heterocycles. The Labute approximate surface area is 151 Å². The number of carbonyl (C=O) groups is 1. The molecular formula is C19H30N2O3S. The van der Waals surface area contributed by atoms with E-state index in [2.05, 4.69) is 33.9 Å². The monoisotopic (exact) mass is 366 g/mol. The van der Waals surface area contributed by atoms with E-state index in [0.717, 1.165) is 51.5 Å². The average Bonchev–Trinajstić information content (AvgIpc) is 2.59. The van der Waals surface area contributed by atoms with Crippen LogP contribution in [0.15, 0.2) is 30.3 Å². The number of carbonyl (C=O) groups excluding carboxylic acids is 1. The van der Waals surface area contributed by atoms with Crippen molar-refractivity contribution >= 4 is 16.3 Å². The first-order valence-electron chi connectivity index (χ1n) is 9.17. The summed E-state index contributed by atoms with van der Waals surface area (Å²) in [5, 5.41) is 0. The molecule has 1 aromatic rings. The summed E-state index contributed by atoms with van der Waals surface area (Å²) in [6.07, 6.45) is 7.86. The SMILES string of the molecule is CS(=O)(=O)NCCC1CCN(C(CCCC=O)c2ccccc2)CC1. The topological polar surface area (TPSA) is 66.5 Å². The fourth-order valence-corrected chi connectivity index (χ4v) is 4.12. The van der Waals surface area contributed by atoms with Gasteiger partial charge in [0.1, 0.15) is 6.29 Å². The van der Waals surface area contributed by atoms with Crippen LogP contribution < -0.4 is 4.72 Å². The molecule has 1 N–H and O–H groups in total. The van der Waals surface area contributed by atoms with Crippen LogP contribution in [0.5, 0.6) is 0 Å². The number of hydrogen-bond acceptors (Lipinski definition) is 4. The van der Waals surface area contributed by atoms with Crippen LogP contribution >= 0.6 is 0 Å². The minimum atomic E-state index is -3.09. The molecular weight excluding hydrogens is 336 g/mol. The predicted molar refractivity (Wildman–Crippen MR) is 101 cm³/mol. The van der Waals surface area contributed by atoms with E-state index in [9.17, 15) is 13.2 Å². The molecule has 0 bridgehead atoms. The Bertz CT molecular complexity index is 611. The highest BCUT2D eigenvalue weighted by Crippen LogP contribution is 2.31. The lowest BCUT2D eigenvalue weighted by molar-refractivity contribution is -0.108. The second-order valence-electron chi connectivity index (χ2n) is 6.96. The first-order valence-corrected chi connectivity index (χ1v) is 11.1. The Hall–Kier alpha value is -1.24. The first-order chi connectivity index (χ1) is 12.0. The van der Waals surface area contributed by atoms with Gasteiger partial charge in [-0.15, -0.1) is 0 Å². The smallest absolute Gasteiger partial charge is 0.208 e. The molecule has 2 rings (SSSR count). The molecule has 0 radical (unpaired) electrons. The number of likely N-dealkylation sites (tertiary alicyclic amines) is 1. The summed E-state index contributed by atoms with van der Waals surface area (Å²) in [6, 6.07) is 10.9. The Morgan fingerprint density at radius 2 is 1.92 bits per heavy atom. The molecule has 1 aliphatic rings. The van der Waals surface area contributed by atoms with Crippen LogP contribution in [0, 0.1) is 5.92 Å². The van der Waals surface area contributed by atoms with Crippen molar-refractivity contribution in [3.63, 3.8) is 0 Å². The molecule has 140 valence electrons. The summed E-state index contributed by atoms with van der Waals surface area (Å²) in [4.78, 5) is 13.2. The number of rotatable bonds is 10. The summed E-state index contributed by atoms with van der Waals surface area (Å²) in [7, 11) is -3.09. The van der Waals surface area contributed by atoms with Crippen molar-refractivity contribution in [2.45, 2.75) is 44.6 Å². The number of sulfonamides is 1. The van der Waals surface area contributed by atoms with Crippen LogP contribution in [0.25, 0.3) is 0 Å². The van der Waals surface area contributed by atoms with Gasteiger partial charge < -0.3 is 4.79 Å². The van der Waals surface area contributed by atoms with Crippen molar-refractivity contribution < 1.29 is 13.2 Å². The van der Waals surface area contributed by atoms with Crippen molar-refractivity contribution in [1.82, 2.24) is 9.62 Å². The molecule has 1 atom stereocenters. The maximum absolute atomic E-state index is 11.2. The molecule has 25 heavy (non-hydrogen) atoms. The number of nitrogens with one attached hydrogen (secondary N) is 1. The van der Waals surface area contributed by atoms with Crippen LogP contribution in [0.3, 0.4) is 0 Å². The van der Waals surface area contributed by atoms with Gasteiger partial charge in [0.15, 0.2) is 0 Å². The summed E-state index contributed by atoms with van der Waals surface area (Å²) in [6.45, 7) is 2.60. The summed E-state index contributed by atoms with van der Waals surface area (Å²) < 4.78 is 24.9. The summed E-state index contributed by atoms with van der Waals surface area (Å²) in [5.74, 6) is 0.580. The molecule has 0 spiro atoms. The van der Waals surface area contributed by atoms with E-state index in [-0.39, 0.29) is 0 Å². The predicted octanol–water partition coefficient (Wildman–Crippen LogP) is 2.75. The maximum Gasteiger partial charge on any atom is 0.208 e. The molecule has 0 saturated carbocycles. The Morgan fingerprint density at radius 1 is 1.24 bits per heavy atom. The van der Waals surface area contributed by atoms with E-state index in [1.807, 2.05) is 6.07 Å². The van der Waals surface area contributed by atoms with Crippen LogP contribution in [-0.2, 0) is 14.8 Å². The highest BCUT2D eigenvalue weighted by atomic mass is 32.2. The fraction of sp³-hybridized carbons (Fsp3) is 0.632. The van der Waals surface area contributed by atoms with Crippen LogP contribution in [0.4, 0.5) is 0 Å². The lowest BCUT2D eigenvalue weighted by Gasteiger charge is -2.38. The van der Waals surface area contributed by atoms with Gasteiger partial charge in [-0.1, -0.05) is 30.3 Å². The number of piperidine rings is 1. The van der Waals surface area contributed by atoms with Gasteiger partial charge >= 0.3 is 0 Å². The maximum atomic E-state index is 11.2. The van der Waals surface area contributed by atoms with Crippen molar-refractivity contribution in [3.05, 3.63) is 35.9 Å². The standard InChI is InChI=1S/C19H30N2O3S/c1-25(23,24)20-13-10-17-11-14-21(15-12-17)19(9-5-6-16-22)18-7-3-2-4-8-18/h2-4,7-8,16-17,19-20H,5-6,9-15H2,1H3. The zero-order valence-corrected chi connectivity index (χ0v) is 15.9. The quantitative estimate of drug-likeness (QED) is 0.511. The third-order valence-electron chi connectivity index (χ3n) is 4.99. The van der Waals surface area contributed by atoms with E-state index < -0.39 is 10.0 Å². The largest absolute Gasteiger partial charge is 0.303 e. The zero-order valence-electron chi connectivity index (χ0n) is 15.1. The van der Waals surface area contributed by atoms with Gasteiger partial charge in [-0.3, -0.25) is 4.90 Å². The Balaban J connectivity index is 1.87. The molecule has 1 saturated heterocycles. The highest BCUT2D eigenvalue weighted by Gasteiger charge is 2.25. The number of unbranched alkanes of at least 4 members (excludes halogenated alkanes) is 1. The van der Waals surface area contributed by atoms with Gasteiger partial charge in [-0.2, -0.15) is 0 Å².